The molecule has 0 aliphatic carbocycles. The SMILES string of the molecule is CN(C)c1ccc(NC(=O)Nc2ccc(-c3cccc4noc(N)c34)cc2)cc1. The van der Waals surface area contributed by atoms with Gasteiger partial charge in [-0.05, 0) is 53.6 Å². The minimum absolute atomic E-state index is 0.289. The third kappa shape index (κ3) is 3.84. The Kier molecular flexibility index (Phi) is 4.78. The molecule has 4 aromatic rings. The molecule has 0 atom stereocenters. The minimum atomic E-state index is -0.305. The molecule has 0 unspecified atom stereocenters. The van der Waals surface area contributed by atoms with E-state index in [2.05, 4.69) is 15.8 Å². The molecule has 0 bridgehead atoms. The van der Waals surface area contributed by atoms with Gasteiger partial charge in [0.25, 0.3) is 0 Å². The van der Waals surface area contributed by atoms with Crippen LogP contribution in [0, 0.1) is 0 Å². The second-order valence-electron chi connectivity index (χ2n) is 6.84. The number of aromatic nitrogens is 1. The second-order valence-corrected chi connectivity index (χ2v) is 6.84. The van der Waals surface area contributed by atoms with Crippen LogP contribution < -0.4 is 21.3 Å². The smallest absolute Gasteiger partial charge is 0.323 e. The molecule has 3 aromatic carbocycles. The zero-order valence-electron chi connectivity index (χ0n) is 16.1. The fourth-order valence-electron chi connectivity index (χ4n) is 3.13. The van der Waals surface area contributed by atoms with E-state index >= 15 is 0 Å². The van der Waals surface area contributed by atoms with Gasteiger partial charge in [-0.25, -0.2) is 4.79 Å². The molecule has 0 saturated carbocycles. The number of nitrogens with zero attached hydrogens (tertiary/aromatic N) is 2. The van der Waals surface area contributed by atoms with Gasteiger partial charge in [0.1, 0.15) is 5.52 Å². The maximum Gasteiger partial charge on any atom is 0.323 e. The van der Waals surface area contributed by atoms with Crippen molar-refractivity contribution in [2.45, 2.75) is 0 Å². The lowest BCUT2D eigenvalue weighted by molar-refractivity contribution is 0.262. The number of benzene rings is 3. The van der Waals surface area contributed by atoms with Gasteiger partial charge in [-0.15, -0.1) is 0 Å². The van der Waals surface area contributed by atoms with E-state index in [0.717, 1.165) is 27.9 Å². The molecule has 4 N–H and O–H groups in total. The number of anilines is 4. The van der Waals surface area contributed by atoms with Crippen molar-refractivity contribution in [2.75, 3.05) is 35.4 Å². The van der Waals surface area contributed by atoms with Crippen LogP contribution in [0.1, 0.15) is 0 Å². The summed E-state index contributed by atoms with van der Waals surface area (Å²) in [5, 5.41) is 10.4. The van der Waals surface area contributed by atoms with E-state index in [1.165, 1.54) is 0 Å². The zero-order valence-corrected chi connectivity index (χ0v) is 16.1. The average molecular weight is 387 g/mol. The quantitative estimate of drug-likeness (QED) is 0.468. The van der Waals surface area contributed by atoms with Crippen LogP contribution in [-0.2, 0) is 0 Å². The molecule has 7 heteroatoms. The fraction of sp³-hybridized carbons (Fsp3) is 0.0909. The summed E-state index contributed by atoms with van der Waals surface area (Å²) in [6.07, 6.45) is 0. The van der Waals surface area contributed by atoms with Gasteiger partial charge >= 0.3 is 6.03 Å². The Balaban J connectivity index is 1.46. The first-order chi connectivity index (χ1) is 14.0. The molecule has 0 aliphatic heterocycles. The predicted octanol–water partition coefficient (Wildman–Crippen LogP) is 4.79. The van der Waals surface area contributed by atoms with Crippen molar-refractivity contribution < 1.29 is 9.32 Å². The molecule has 7 nitrogen and oxygen atoms in total. The molecule has 2 amide bonds. The molecule has 0 aliphatic rings. The molecular weight excluding hydrogens is 366 g/mol. The van der Waals surface area contributed by atoms with Crippen molar-refractivity contribution in [3.05, 3.63) is 66.7 Å². The van der Waals surface area contributed by atoms with Gasteiger partial charge in [0.05, 0.1) is 5.39 Å². The van der Waals surface area contributed by atoms with Gasteiger partial charge in [0.15, 0.2) is 0 Å². The van der Waals surface area contributed by atoms with Crippen molar-refractivity contribution in [3.8, 4) is 11.1 Å². The molecule has 0 radical (unpaired) electrons. The Bertz CT molecular complexity index is 1150. The number of hydrogen-bond donors (Lipinski definition) is 3. The number of nitrogen functional groups attached to an aromatic ring is 1. The number of amides is 2. The normalized spacial score (nSPS) is 10.7. The van der Waals surface area contributed by atoms with Crippen LogP contribution in [-0.4, -0.2) is 25.3 Å². The number of nitrogens with two attached hydrogens (primary N) is 1. The van der Waals surface area contributed by atoms with Crippen LogP contribution in [0.25, 0.3) is 22.0 Å². The van der Waals surface area contributed by atoms with Crippen LogP contribution in [0.3, 0.4) is 0 Å². The first-order valence-electron chi connectivity index (χ1n) is 9.11. The highest BCUT2D eigenvalue weighted by Crippen LogP contribution is 2.32. The van der Waals surface area contributed by atoms with Gasteiger partial charge in [-0.1, -0.05) is 29.4 Å². The topological polar surface area (TPSA) is 96.4 Å². The number of fused-ring (bicyclic) bond motifs is 1. The van der Waals surface area contributed by atoms with Gasteiger partial charge < -0.3 is 25.8 Å². The first-order valence-corrected chi connectivity index (χ1v) is 9.11. The lowest BCUT2D eigenvalue weighted by Crippen LogP contribution is -2.19. The summed E-state index contributed by atoms with van der Waals surface area (Å²) in [5.41, 5.74) is 11.0. The van der Waals surface area contributed by atoms with Crippen molar-refractivity contribution in [3.63, 3.8) is 0 Å². The van der Waals surface area contributed by atoms with Crippen LogP contribution in [0.2, 0.25) is 0 Å². The van der Waals surface area contributed by atoms with E-state index in [1.54, 1.807) is 0 Å². The Morgan fingerprint density at radius 3 is 2.17 bits per heavy atom. The van der Waals surface area contributed by atoms with Crippen LogP contribution in [0.15, 0.2) is 71.3 Å². The lowest BCUT2D eigenvalue weighted by Gasteiger charge is -2.13. The number of hydrogen-bond acceptors (Lipinski definition) is 5. The van der Waals surface area contributed by atoms with E-state index in [0.29, 0.717) is 11.2 Å². The standard InChI is InChI=1S/C22H21N5O2/c1-27(2)17-12-10-16(11-13-17)25-22(28)24-15-8-6-14(7-9-15)18-4-3-5-19-20(18)21(23)29-26-19/h3-13H,23H2,1-2H3,(H2,24,25,28). The molecule has 4 rings (SSSR count). The minimum Gasteiger partial charge on any atom is -0.378 e. The Morgan fingerprint density at radius 2 is 1.55 bits per heavy atom. The van der Waals surface area contributed by atoms with E-state index < -0.39 is 0 Å². The van der Waals surface area contributed by atoms with Crippen LogP contribution >= 0.6 is 0 Å². The summed E-state index contributed by atoms with van der Waals surface area (Å²) in [4.78, 5) is 14.3. The first kappa shape index (κ1) is 18.4. The summed E-state index contributed by atoms with van der Waals surface area (Å²) < 4.78 is 5.09. The summed E-state index contributed by atoms with van der Waals surface area (Å²) >= 11 is 0. The van der Waals surface area contributed by atoms with Gasteiger partial charge in [-0.2, -0.15) is 0 Å². The van der Waals surface area contributed by atoms with E-state index in [1.807, 2.05) is 85.7 Å². The van der Waals surface area contributed by atoms with Crippen molar-refractivity contribution in [1.29, 1.82) is 0 Å². The summed E-state index contributed by atoms with van der Waals surface area (Å²) in [5.74, 6) is 0.289. The fourth-order valence-corrected chi connectivity index (χ4v) is 3.13. The second kappa shape index (κ2) is 7.55. The van der Waals surface area contributed by atoms with E-state index in [4.69, 9.17) is 10.3 Å². The molecule has 1 heterocycles. The maximum atomic E-state index is 12.3. The zero-order chi connectivity index (χ0) is 20.4. The monoisotopic (exact) mass is 387 g/mol. The molecular formula is C22H21N5O2. The predicted molar refractivity (Wildman–Crippen MR) is 117 cm³/mol. The molecule has 29 heavy (non-hydrogen) atoms. The summed E-state index contributed by atoms with van der Waals surface area (Å²) in [7, 11) is 3.94. The Labute approximate surface area is 168 Å². The summed E-state index contributed by atoms with van der Waals surface area (Å²) in [6, 6.07) is 20.5. The number of carbonyl (C=O) groups is 1. The van der Waals surface area contributed by atoms with E-state index in [9.17, 15) is 4.79 Å². The molecule has 1 aromatic heterocycles. The average Bonchev–Trinajstić information content (AvgIpc) is 3.10. The number of carbonyl (C=O) groups excluding carboxylic acids is 1. The Morgan fingerprint density at radius 1 is 0.931 bits per heavy atom. The van der Waals surface area contributed by atoms with Crippen molar-refractivity contribution in [1.82, 2.24) is 5.16 Å². The van der Waals surface area contributed by atoms with Crippen LogP contribution in [0.4, 0.5) is 27.7 Å². The van der Waals surface area contributed by atoms with Gasteiger partial charge in [0, 0.05) is 31.2 Å². The summed E-state index contributed by atoms with van der Waals surface area (Å²) in [6.45, 7) is 0. The van der Waals surface area contributed by atoms with Gasteiger partial charge in [0.2, 0.25) is 5.88 Å². The van der Waals surface area contributed by atoms with Gasteiger partial charge in [-0.3, -0.25) is 0 Å². The molecule has 0 saturated heterocycles. The molecule has 146 valence electrons. The maximum absolute atomic E-state index is 12.3. The van der Waals surface area contributed by atoms with Crippen molar-refractivity contribution >= 4 is 39.9 Å². The van der Waals surface area contributed by atoms with Crippen LogP contribution in [0.5, 0.6) is 0 Å². The third-order valence-corrected chi connectivity index (χ3v) is 4.63. The highest BCUT2D eigenvalue weighted by molar-refractivity contribution is 6.02. The largest absolute Gasteiger partial charge is 0.378 e. The Hall–Kier alpha value is -4.00. The van der Waals surface area contributed by atoms with Crippen molar-refractivity contribution in [2.24, 2.45) is 0 Å². The number of nitrogens with one attached hydrogen (secondary N) is 2. The number of rotatable bonds is 4. The number of urea groups is 1. The highest BCUT2D eigenvalue weighted by Gasteiger charge is 2.11. The molecule has 0 fully saturated rings. The highest BCUT2D eigenvalue weighted by atomic mass is 16.5. The lowest BCUT2D eigenvalue weighted by atomic mass is 10.0. The molecule has 0 spiro atoms. The van der Waals surface area contributed by atoms with E-state index in [-0.39, 0.29) is 11.9 Å². The third-order valence-electron chi connectivity index (χ3n) is 4.63.